The van der Waals surface area contributed by atoms with Crippen LogP contribution in [0.1, 0.15) is 17.5 Å². The molecular weight excluding hydrogens is 262 g/mol. The van der Waals surface area contributed by atoms with Crippen LogP contribution in [0.5, 0.6) is 5.75 Å². The van der Waals surface area contributed by atoms with Crippen molar-refractivity contribution in [1.29, 1.82) is 0 Å². The van der Waals surface area contributed by atoms with Gasteiger partial charge in [0.05, 0.1) is 7.11 Å². The average Bonchev–Trinajstić information content (AvgIpc) is 2.85. The molecule has 0 bridgehead atoms. The van der Waals surface area contributed by atoms with Crippen molar-refractivity contribution >= 4 is 5.91 Å². The maximum Gasteiger partial charge on any atom is 0.237 e. The fourth-order valence-electron chi connectivity index (χ4n) is 3.18. The smallest absolute Gasteiger partial charge is 0.237 e. The highest BCUT2D eigenvalue weighted by Crippen LogP contribution is 2.42. The number of benzene rings is 2. The molecule has 1 saturated heterocycles. The van der Waals surface area contributed by atoms with Crippen LogP contribution in [-0.2, 0) is 10.2 Å². The van der Waals surface area contributed by atoms with Gasteiger partial charge in [0.15, 0.2) is 0 Å². The first-order valence-corrected chi connectivity index (χ1v) is 7.14. The second-order valence-corrected chi connectivity index (χ2v) is 5.48. The number of hydrogen-bond donors (Lipinski definition) is 0. The molecule has 3 heteroatoms. The van der Waals surface area contributed by atoms with Crippen LogP contribution in [0.3, 0.4) is 0 Å². The molecule has 21 heavy (non-hydrogen) atoms. The Hall–Kier alpha value is -2.29. The molecule has 0 radical (unpaired) electrons. The van der Waals surface area contributed by atoms with Crippen molar-refractivity contribution in [1.82, 2.24) is 4.90 Å². The highest BCUT2D eigenvalue weighted by Gasteiger charge is 2.48. The summed E-state index contributed by atoms with van der Waals surface area (Å²) in [4.78, 5) is 14.7. The number of rotatable bonds is 3. The monoisotopic (exact) mass is 281 g/mol. The number of methoxy groups -OCH3 is 1. The van der Waals surface area contributed by atoms with E-state index >= 15 is 0 Å². The van der Waals surface area contributed by atoms with Crippen molar-refractivity contribution in [2.24, 2.45) is 0 Å². The summed E-state index contributed by atoms with van der Waals surface area (Å²) in [6, 6.07) is 17.9. The molecule has 0 aliphatic carbocycles. The summed E-state index contributed by atoms with van der Waals surface area (Å²) in [7, 11) is 3.52. The number of carbonyl (C=O) groups is 1. The predicted octanol–water partition coefficient (Wildman–Crippen LogP) is 2.84. The molecule has 1 fully saturated rings. The van der Waals surface area contributed by atoms with E-state index < -0.39 is 5.41 Å². The molecule has 1 aliphatic rings. The molecule has 2 aromatic carbocycles. The number of nitrogens with zero attached hydrogens (tertiary/aromatic N) is 1. The van der Waals surface area contributed by atoms with Gasteiger partial charge in [0.1, 0.15) is 11.2 Å². The molecule has 1 amide bonds. The van der Waals surface area contributed by atoms with Gasteiger partial charge in [-0.15, -0.1) is 0 Å². The molecule has 3 rings (SSSR count). The lowest BCUT2D eigenvalue weighted by molar-refractivity contribution is -0.130. The van der Waals surface area contributed by atoms with Crippen molar-refractivity contribution in [3.8, 4) is 5.75 Å². The summed E-state index contributed by atoms with van der Waals surface area (Å²) in [5.74, 6) is 0.937. The van der Waals surface area contributed by atoms with Gasteiger partial charge in [0.2, 0.25) is 5.91 Å². The van der Waals surface area contributed by atoms with Gasteiger partial charge < -0.3 is 9.64 Å². The lowest BCUT2D eigenvalue weighted by Gasteiger charge is -2.28. The Morgan fingerprint density at radius 3 is 2.38 bits per heavy atom. The van der Waals surface area contributed by atoms with Crippen molar-refractivity contribution in [2.45, 2.75) is 11.8 Å². The summed E-state index contributed by atoms with van der Waals surface area (Å²) in [5, 5.41) is 0. The van der Waals surface area contributed by atoms with E-state index in [0.29, 0.717) is 0 Å². The topological polar surface area (TPSA) is 29.5 Å². The van der Waals surface area contributed by atoms with Gasteiger partial charge in [0.25, 0.3) is 0 Å². The largest absolute Gasteiger partial charge is 0.497 e. The highest BCUT2D eigenvalue weighted by atomic mass is 16.5. The van der Waals surface area contributed by atoms with Gasteiger partial charge in [-0.2, -0.15) is 0 Å². The van der Waals surface area contributed by atoms with E-state index in [9.17, 15) is 4.79 Å². The first-order valence-electron chi connectivity index (χ1n) is 7.14. The molecule has 3 nitrogen and oxygen atoms in total. The van der Waals surface area contributed by atoms with Gasteiger partial charge in [-0.1, -0.05) is 42.5 Å². The highest BCUT2D eigenvalue weighted by molar-refractivity contribution is 5.94. The van der Waals surface area contributed by atoms with E-state index in [4.69, 9.17) is 4.74 Å². The van der Waals surface area contributed by atoms with Crippen LogP contribution in [0.25, 0.3) is 0 Å². The number of hydrogen-bond acceptors (Lipinski definition) is 2. The fourth-order valence-corrected chi connectivity index (χ4v) is 3.18. The molecule has 108 valence electrons. The zero-order valence-corrected chi connectivity index (χ0v) is 12.4. The standard InChI is InChI=1S/C18H19NO2/c1-19-12-11-18(17(19)20,14-7-4-3-5-8-14)15-9-6-10-16(13-15)21-2/h3-10,13H,11-12H2,1-2H3. The molecular formula is C18H19NO2. The molecule has 1 aliphatic heterocycles. The summed E-state index contributed by atoms with van der Waals surface area (Å²) in [6.07, 6.45) is 0.791. The van der Waals surface area contributed by atoms with E-state index in [0.717, 1.165) is 29.8 Å². The number of carbonyl (C=O) groups excluding carboxylic acids is 1. The van der Waals surface area contributed by atoms with Crippen LogP contribution in [0.4, 0.5) is 0 Å². The van der Waals surface area contributed by atoms with E-state index in [1.165, 1.54) is 0 Å². The number of likely N-dealkylation sites (N-methyl/N-ethyl adjacent to an activating group) is 1. The summed E-state index contributed by atoms with van der Waals surface area (Å²) < 4.78 is 5.33. The maximum atomic E-state index is 12.9. The predicted molar refractivity (Wildman–Crippen MR) is 82.5 cm³/mol. The van der Waals surface area contributed by atoms with E-state index in [1.807, 2.05) is 66.5 Å². The van der Waals surface area contributed by atoms with Gasteiger partial charge >= 0.3 is 0 Å². The number of amides is 1. The summed E-state index contributed by atoms with van der Waals surface area (Å²) in [5.41, 5.74) is 1.46. The average molecular weight is 281 g/mol. The molecule has 0 N–H and O–H groups in total. The Labute approximate surface area is 125 Å². The van der Waals surface area contributed by atoms with E-state index in [1.54, 1.807) is 7.11 Å². The van der Waals surface area contributed by atoms with Crippen molar-refractivity contribution in [3.63, 3.8) is 0 Å². The van der Waals surface area contributed by atoms with E-state index in [2.05, 4.69) is 0 Å². The first kappa shape index (κ1) is 13.7. The third kappa shape index (κ3) is 2.09. The molecule has 0 aromatic heterocycles. The summed E-state index contributed by atoms with van der Waals surface area (Å²) in [6.45, 7) is 0.769. The third-order valence-electron chi connectivity index (χ3n) is 4.36. The quantitative estimate of drug-likeness (QED) is 0.866. The van der Waals surface area contributed by atoms with Crippen LogP contribution in [-0.4, -0.2) is 31.5 Å². The molecule has 0 saturated carbocycles. The van der Waals surface area contributed by atoms with Crippen LogP contribution in [0.2, 0.25) is 0 Å². The van der Waals surface area contributed by atoms with Gasteiger partial charge in [-0.05, 0) is 29.7 Å². The minimum absolute atomic E-state index is 0.155. The van der Waals surface area contributed by atoms with Crippen LogP contribution >= 0.6 is 0 Å². The van der Waals surface area contributed by atoms with Crippen LogP contribution in [0, 0.1) is 0 Å². The Morgan fingerprint density at radius 1 is 1.05 bits per heavy atom. The van der Waals surface area contributed by atoms with Crippen molar-refractivity contribution < 1.29 is 9.53 Å². The lowest BCUT2D eigenvalue weighted by Crippen LogP contribution is -2.37. The zero-order chi connectivity index (χ0) is 14.9. The van der Waals surface area contributed by atoms with Gasteiger partial charge in [0, 0.05) is 13.6 Å². The van der Waals surface area contributed by atoms with Gasteiger partial charge in [-0.25, -0.2) is 0 Å². The molecule has 1 unspecified atom stereocenters. The normalized spacial score (nSPS) is 21.6. The number of likely N-dealkylation sites (tertiary alicyclic amines) is 1. The van der Waals surface area contributed by atoms with E-state index in [-0.39, 0.29) is 5.91 Å². The van der Waals surface area contributed by atoms with Gasteiger partial charge in [-0.3, -0.25) is 4.79 Å². The van der Waals surface area contributed by atoms with Crippen molar-refractivity contribution in [3.05, 3.63) is 65.7 Å². The SMILES string of the molecule is COc1cccc(C2(c3ccccc3)CCN(C)C2=O)c1. The zero-order valence-electron chi connectivity index (χ0n) is 12.4. The lowest BCUT2D eigenvalue weighted by atomic mass is 9.73. The number of ether oxygens (including phenoxy) is 1. The molecule has 0 spiro atoms. The Morgan fingerprint density at radius 2 is 1.76 bits per heavy atom. The van der Waals surface area contributed by atoms with Crippen molar-refractivity contribution in [2.75, 3.05) is 20.7 Å². The minimum atomic E-state index is -0.593. The molecule has 2 aromatic rings. The maximum absolute atomic E-state index is 12.9. The van der Waals surface area contributed by atoms with Crippen LogP contribution in [0.15, 0.2) is 54.6 Å². The second kappa shape index (κ2) is 5.24. The Balaban J connectivity index is 2.20. The first-order chi connectivity index (χ1) is 10.2. The summed E-state index contributed by atoms with van der Waals surface area (Å²) >= 11 is 0. The fraction of sp³-hybridized carbons (Fsp3) is 0.278. The molecule has 1 heterocycles. The second-order valence-electron chi connectivity index (χ2n) is 5.48. The van der Waals surface area contributed by atoms with Crippen LogP contribution < -0.4 is 4.74 Å². The minimum Gasteiger partial charge on any atom is -0.497 e. The molecule has 1 atom stereocenters. The Bertz CT molecular complexity index is 653. The Kier molecular flexibility index (Phi) is 3.42. The third-order valence-corrected chi connectivity index (χ3v) is 4.36.